The molecule has 0 radical (unpaired) electrons. The quantitative estimate of drug-likeness (QED) is 0.195. The van der Waals surface area contributed by atoms with E-state index in [1.54, 1.807) is 0 Å². The number of alkyl halides is 6. The second-order valence-electron chi connectivity index (χ2n) is 9.71. The number of aliphatic hydroxyl groups excluding tert-OH is 1. The Balaban J connectivity index is 1.72. The van der Waals surface area contributed by atoms with Crippen molar-refractivity contribution < 1.29 is 44.6 Å². The molecule has 1 N–H and O–H groups in total. The molecule has 0 aliphatic heterocycles. The van der Waals surface area contributed by atoms with E-state index in [-0.39, 0.29) is 38.4 Å². The topological polar surface area (TPSA) is 112 Å². The highest BCUT2D eigenvalue weighted by Crippen LogP contribution is 2.37. The van der Waals surface area contributed by atoms with Gasteiger partial charge in [-0.05, 0) is 66.6 Å². The number of nitrogens with zero attached hydrogens (tertiary/aromatic N) is 5. The van der Waals surface area contributed by atoms with Crippen molar-refractivity contribution in [2.45, 2.75) is 31.0 Å². The number of benzene rings is 3. The van der Waals surface area contributed by atoms with Crippen LogP contribution in [0.25, 0.3) is 33.8 Å². The van der Waals surface area contributed by atoms with Gasteiger partial charge in [-0.1, -0.05) is 22.9 Å². The maximum atomic E-state index is 13.5. The summed E-state index contributed by atoms with van der Waals surface area (Å²) in [6.45, 7) is 0.711. The zero-order valence-corrected chi connectivity index (χ0v) is 24.6. The maximum absolute atomic E-state index is 13.5. The van der Waals surface area contributed by atoms with Gasteiger partial charge in [0.15, 0.2) is 15.5 Å². The lowest BCUT2D eigenvalue weighted by molar-refractivity contribution is -0.274. The van der Waals surface area contributed by atoms with Crippen molar-refractivity contribution in [2.24, 2.45) is 0 Å². The summed E-state index contributed by atoms with van der Waals surface area (Å²) in [5.41, 5.74) is 0.360. The molecule has 0 atom stereocenters. The Morgan fingerprint density at radius 2 is 1.60 bits per heavy atom. The van der Waals surface area contributed by atoms with Crippen LogP contribution in [0.4, 0.5) is 26.3 Å². The summed E-state index contributed by atoms with van der Waals surface area (Å²) in [7, 11) is -3.85. The van der Waals surface area contributed by atoms with E-state index in [1.165, 1.54) is 64.8 Å². The van der Waals surface area contributed by atoms with E-state index in [9.17, 15) is 39.9 Å². The summed E-state index contributed by atoms with van der Waals surface area (Å²) in [6.07, 6.45) is -6.62. The molecule has 0 saturated carbocycles. The number of aryl methyl sites for hydroxylation is 1. The van der Waals surface area contributed by atoms with Crippen LogP contribution in [-0.2, 0) is 22.6 Å². The van der Waals surface area contributed by atoms with Crippen LogP contribution in [0.2, 0.25) is 5.02 Å². The molecule has 0 saturated heterocycles. The zero-order valence-electron chi connectivity index (χ0n) is 23.0. The zero-order chi connectivity index (χ0) is 32.9. The number of hydrogen-bond donors (Lipinski definition) is 1. The molecule has 0 aliphatic carbocycles. The van der Waals surface area contributed by atoms with Gasteiger partial charge in [0.2, 0.25) is 0 Å². The van der Waals surface area contributed by atoms with Crippen molar-refractivity contribution in [3.8, 4) is 39.5 Å². The summed E-state index contributed by atoms with van der Waals surface area (Å²) < 4.78 is 110. The average Bonchev–Trinajstić information content (AvgIpc) is 3.58. The highest BCUT2D eigenvalue weighted by Gasteiger charge is 2.35. The van der Waals surface area contributed by atoms with E-state index in [1.807, 2.05) is 0 Å². The molecular formula is C28H20ClF6N5O4S. The third-order valence-corrected chi connectivity index (χ3v) is 8.11. The second kappa shape index (κ2) is 11.5. The second-order valence-corrected chi connectivity index (χ2v) is 12.1. The Morgan fingerprint density at radius 1 is 0.933 bits per heavy atom. The standard InChI is InChI=1S/C28H20ClF6N5O4S/c1-15-37-26(27(30,31)32)13-39(15)22-8-5-17(18-9-21(29)20(14-41)25(11-18)45(2,42)43)10-23(22)40-24(12-36-38-40)16-3-6-19(7-4-16)44-28(33,34)35/h3-13,41H,14H2,1-2H3. The highest BCUT2D eigenvalue weighted by molar-refractivity contribution is 7.90. The average molecular weight is 672 g/mol. The first-order valence-corrected chi connectivity index (χ1v) is 14.9. The van der Waals surface area contributed by atoms with Gasteiger partial charge in [0.05, 0.1) is 34.8 Å². The minimum atomic E-state index is -4.91. The Bertz CT molecular complexity index is 2010. The van der Waals surface area contributed by atoms with Crippen molar-refractivity contribution in [2.75, 3.05) is 6.26 Å². The summed E-state index contributed by atoms with van der Waals surface area (Å²) in [6, 6.07) is 12.0. The minimum Gasteiger partial charge on any atom is -0.406 e. The Hall–Kier alpha value is -4.41. The van der Waals surface area contributed by atoms with Crippen molar-refractivity contribution in [3.63, 3.8) is 0 Å². The number of sulfone groups is 1. The van der Waals surface area contributed by atoms with Gasteiger partial charge >= 0.3 is 12.5 Å². The van der Waals surface area contributed by atoms with Crippen LogP contribution in [0.1, 0.15) is 17.1 Å². The Morgan fingerprint density at radius 3 is 2.18 bits per heavy atom. The number of imidazole rings is 1. The van der Waals surface area contributed by atoms with Gasteiger partial charge in [0, 0.05) is 28.6 Å². The van der Waals surface area contributed by atoms with Crippen LogP contribution in [-0.4, -0.2) is 50.7 Å². The van der Waals surface area contributed by atoms with E-state index in [2.05, 4.69) is 20.0 Å². The highest BCUT2D eigenvalue weighted by atomic mass is 35.5. The maximum Gasteiger partial charge on any atom is 0.573 e. The molecule has 2 aromatic heterocycles. The van der Waals surface area contributed by atoms with Crippen molar-refractivity contribution in [1.29, 1.82) is 0 Å². The molecule has 0 bridgehead atoms. The smallest absolute Gasteiger partial charge is 0.406 e. The Kier molecular flexibility index (Phi) is 8.18. The summed E-state index contributed by atoms with van der Waals surface area (Å²) in [5, 5.41) is 17.7. The number of halogens is 7. The van der Waals surface area contributed by atoms with Gasteiger partial charge in [0.25, 0.3) is 0 Å². The van der Waals surface area contributed by atoms with Crippen LogP contribution in [0.15, 0.2) is 71.9 Å². The number of hydrogen-bond acceptors (Lipinski definition) is 7. The van der Waals surface area contributed by atoms with Gasteiger partial charge in [-0.25, -0.2) is 18.1 Å². The molecule has 9 nitrogen and oxygen atoms in total. The molecule has 0 spiro atoms. The molecule has 0 unspecified atom stereocenters. The van der Waals surface area contributed by atoms with Crippen LogP contribution < -0.4 is 4.74 Å². The molecule has 0 fully saturated rings. The molecule has 17 heteroatoms. The van der Waals surface area contributed by atoms with E-state index >= 15 is 0 Å². The minimum absolute atomic E-state index is 0.00927. The number of aromatic nitrogens is 5. The van der Waals surface area contributed by atoms with Crippen molar-refractivity contribution in [1.82, 2.24) is 24.5 Å². The molecule has 5 rings (SSSR count). The number of aliphatic hydroxyl groups is 1. The SMILES string of the molecule is Cc1nc(C(F)(F)F)cn1-c1ccc(-c2cc(Cl)c(CO)c(S(C)(=O)=O)c2)cc1-n1nncc1-c1ccc(OC(F)(F)F)cc1. The molecule has 3 aromatic carbocycles. The van der Waals surface area contributed by atoms with Gasteiger partial charge in [-0.2, -0.15) is 13.2 Å². The van der Waals surface area contributed by atoms with Gasteiger partial charge in [0.1, 0.15) is 11.6 Å². The monoisotopic (exact) mass is 671 g/mol. The lowest BCUT2D eigenvalue weighted by Gasteiger charge is -2.17. The van der Waals surface area contributed by atoms with Crippen LogP contribution in [0.3, 0.4) is 0 Å². The molecule has 45 heavy (non-hydrogen) atoms. The third-order valence-electron chi connectivity index (χ3n) is 6.61. The predicted octanol–water partition coefficient (Wildman–Crippen LogP) is 6.56. The van der Waals surface area contributed by atoms with Crippen molar-refractivity contribution in [3.05, 3.63) is 89.1 Å². The first-order chi connectivity index (χ1) is 21.0. The van der Waals surface area contributed by atoms with Crippen LogP contribution in [0.5, 0.6) is 5.75 Å². The number of ether oxygens (including phenoxy) is 1. The fourth-order valence-corrected chi connectivity index (χ4v) is 5.93. The fourth-order valence-electron chi connectivity index (χ4n) is 4.63. The molecule has 2 heterocycles. The van der Waals surface area contributed by atoms with Crippen LogP contribution in [0, 0.1) is 6.92 Å². The number of rotatable bonds is 7. The van der Waals surface area contributed by atoms with E-state index in [0.717, 1.165) is 24.6 Å². The lowest BCUT2D eigenvalue weighted by Crippen LogP contribution is -2.16. The predicted molar refractivity (Wildman–Crippen MR) is 150 cm³/mol. The van der Waals surface area contributed by atoms with Gasteiger partial charge in [-0.3, -0.25) is 0 Å². The molecule has 5 aromatic rings. The van der Waals surface area contributed by atoms with E-state index in [0.29, 0.717) is 16.7 Å². The lowest BCUT2D eigenvalue weighted by atomic mass is 10.0. The third kappa shape index (κ3) is 6.67. The molecule has 0 amide bonds. The fraction of sp³-hybridized carbons (Fsp3) is 0.179. The Labute approximate surface area is 256 Å². The first kappa shape index (κ1) is 32.0. The molecular weight excluding hydrogens is 652 g/mol. The van der Waals surface area contributed by atoms with E-state index in [4.69, 9.17) is 11.6 Å². The first-order valence-electron chi connectivity index (χ1n) is 12.6. The van der Waals surface area contributed by atoms with Crippen molar-refractivity contribution >= 4 is 21.4 Å². The summed E-state index contributed by atoms with van der Waals surface area (Å²) in [5.74, 6) is -0.507. The molecule has 236 valence electrons. The normalized spacial score (nSPS) is 12.5. The molecule has 0 aliphatic rings. The van der Waals surface area contributed by atoms with Gasteiger partial charge < -0.3 is 14.4 Å². The van der Waals surface area contributed by atoms with Crippen LogP contribution >= 0.6 is 11.6 Å². The largest absolute Gasteiger partial charge is 0.573 e. The summed E-state index contributed by atoms with van der Waals surface area (Å²) in [4.78, 5) is 3.41. The van der Waals surface area contributed by atoms with E-state index < -0.39 is 40.4 Å². The van der Waals surface area contributed by atoms with Gasteiger partial charge in [-0.15, -0.1) is 18.3 Å². The summed E-state index contributed by atoms with van der Waals surface area (Å²) >= 11 is 6.33.